The van der Waals surface area contributed by atoms with E-state index in [1.807, 2.05) is 6.07 Å². The van der Waals surface area contributed by atoms with E-state index in [-0.39, 0.29) is 11.9 Å². The second kappa shape index (κ2) is 5.33. The van der Waals surface area contributed by atoms with E-state index < -0.39 is 0 Å². The van der Waals surface area contributed by atoms with E-state index >= 15 is 0 Å². The van der Waals surface area contributed by atoms with Crippen LogP contribution < -0.4 is 5.73 Å². The van der Waals surface area contributed by atoms with E-state index in [1.54, 1.807) is 6.07 Å². The minimum absolute atomic E-state index is 0.0708. The summed E-state index contributed by atoms with van der Waals surface area (Å²) in [5, 5.41) is 0.800. The lowest BCUT2D eigenvalue weighted by Crippen LogP contribution is -2.16. The van der Waals surface area contributed by atoms with Crippen molar-refractivity contribution in [2.45, 2.75) is 44.6 Å². The molecule has 1 aromatic carbocycles. The molecule has 102 valence electrons. The molecule has 0 spiro atoms. The topological polar surface area (TPSA) is 39.2 Å². The van der Waals surface area contributed by atoms with E-state index in [0.29, 0.717) is 5.92 Å². The Morgan fingerprint density at radius 2 is 2.00 bits per heavy atom. The van der Waals surface area contributed by atoms with Crippen molar-refractivity contribution >= 4 is 11.0 Å². The van der Waals surface area contributed by atoms with Crippen molar-refractivity contribution in [3.63, 3.8) is 0 Å². The smallest absolute Gasteiger partial charge is 0.134 e. The Balaban J connectivity index is 1.75. The van der Waals surface area contributed by atoms with Gasteiger partial charge in [-0.2, -0.15) is 0 Å². The fraction of sp³-hybridized carbons (Fsp3) is 0.500. The third-order valence-corrected chi connectivity index (χ3v) is 4.17. The van der Waals surface area contributed by atoms with Crippen LogP contribution in [0, 0.1) is 11.7 Å². The van der Waals surface area contributed by atoms with Gasteiger partial charge in [0.1, 0.15) is 17.2 Å². The van der Waals surface area contributed by atoms with Gasteiger partial charge in [-0.05, 0) is 36.6 Å². The van der Waals surface area contributed by atoms with Gasteiger partial charge in [0.25, 0.3) is 0 Å². The van der Waals surface area contributed by atoms with Gasteiger partial charge in [0.2, 0.25) is 0 Å². The quantitative estimate of drug-likeness (QED) is 0.880. The lowest BCUT2D eigenvalue weighted by atomic mass is 9.84. The molecular weight excluding hydrogens is 241 g/mol. The first kappa shape index (κ1) is 12.7. The highest BCUT2D eigenvalue weighted by Crippen LogP contribution is 2.32. The van der Waals surface area contributed by atoms with Gasteiger partial charge in [-0.15, -0.1) is 0 Å². The molecule has 0 aliphatic heterocycles. The normalized spacial score (nSPS) is 18.8. The molecule has 0 bridgehead atoms. The number of halogens is 1. The molecule has 19 heavy (non-hydrogen) atoms. The van der Waals surface area contributed by atoms with Crippen molar-refractivity contribution in [2.75, 3.05) is 0 Å². The number of benzene rings is 1. The average Bonchev–Trinajstić information content (AvgIpc) is 2.83. The van der Waals surface area contributed by atoms with Crippen molar-refractivity contribution in [2.24, 2.45) is 11.7 Å². The van der Waals surface area contributed by atoms with E-state index in [1.165, 1.54) is 44.2 Å². The molecule has 1 aliphatic carbocycles. The summed E-state index contributed by atoms with van der Waals surface area (Å²) in [6, 6.07) is 6.39. The molecule has 1 saturated carbocycles. The molecule has 1 aromatic heterocycles. The van der Waals surface area contributed by atoms with Crippen LogP contribution in [0.1, 0.15) is 50.3 Å². The van der Waals surface area contributed by atoms with Crippen LogP contribution in [0.3, 0.4) is 0 Å². The summed E-state index contributed by atoms with van der Waals surface area (Å²) in [6.07, 6.45) is 7.54. The Hall–Kier alpha value is -1.35. The molecule has 1 unspecified atom stereocenters. The van der Waals surface area contributed by atoms with Gasteiger partial charge in [-0.3, -0.25) is 0 Å². The number of rotatable bonds is 3. The summed E-state index contributed by atoms with van der Waals surface area (Å²) in [5.74, 6) is 1.26. The van der Waals surface area contributed by atoms with E-state index in [0.717, 1.165) is 23.2 Å². The maximum atomic E-state index is 13.1. The average molecular weight is 261 g/mol. The Morgan fingerprint density at radius 1 is 1.21 bits per heavy atom. The van der Waals surface area contributed by atoms with Crippen molar-refractivity contribution in [3.8, 4) is 0 Å². The minimum Gasteiger partial charge on any atom is -0.459 e. The molecule has 2 nitrogen and oxygen atoms in total. The minimum atomic E-state index is -0.235. The van der Waals surface area contributed by atoms with Gasteiger partial charge in [-0.1, -0.05) is 32.1 Å². The molecule has 3 heteroatoms. The van der Waals surface area contributed by atoms with Crippen LogP contribution in [-0.4, -0.2) is 0 Å². The molecule has 0 radical (unpaired) electrons. The fourth-order valence-electron chi connectivity index (χ4n) is 3.12. The van der Waals surface area contributed by atoms with Crippen LogP contribution in [0.2, 0.25) is 0 Å². The van der Waals surface area contributed by atoms with Crippen LogP contribution in [0.15, 0.2) is 28.7 Å². The molecule has 1 aliphatic rings. The van der Waals surface area contributed by atoms with Crippen molar-refractivity contribution in [1.29, 1.82) is 0 Å². The fourth-order valence-corrected chi connectivity index (χ4v) is 3.12. The molecule has 2 N–H and O–H groups in total. The lowest BCUT2D eigenvalue weighted by molar-refractivity contribution is 0.306. The molecule has 1 heterocycles. The Bertz CT molecular complexity index is 557. The Kier molecular flexibility index (Phi) is 3.56. The second-order valence-corrected chi connectivity index (χ2v) is 5.68. The number of hydrogen-bond acceptors (Lipinski definition) is 2. The molecule has 0 saturated heterocycles. The van der Waals surface area contributed by atoms with Crippen LogP contribution >= 0.6 is 0 Å². The first-order chi connectivity index (χ1) is 9.22. The first-order valence-electron chi connectivity index (χ1n) is 7.17. The zero-order valence-electron chi connectivity index (χ0n) is 11.1. The second-order valence-electron chi connectivity index (χ2n) is 5.68. The van der Waals surface area contributed by atoms with Crippen LogP contribution in [0.25, 0.3) is 11.0 Å². The highest BCUT2D eigenvalue weighted by molar-refractivity contribution is 5.77. The summed E-state index contributed by atoms with van der Waals surface area (Å²) in [4.78, 5) is 0. The van der Waals surface area contributed by atoms with Crippen LogP contribution in [0.5, 0.6) is 0 Å². The van der Waals surface area contributed by atoms with Gasteiger partial charge in [0.15, 0.2) is 0 Å². The predicted molar refractivity (Wildman–Crippen MR) is 74.3 cm³/mol. The Labute approximate surface area is 112 Å². The van der Waals surface area contributed by atoms with Crippen molar-refractivity contribution in [3.05, 3.63) is 35.8 Å². The molecule has 1 fully saturated rings. The van der Waals surface area contributed by atoms with Gasteiger partial charge in [-0.25, -0.2) is 4.39 Å². The number of furan rings is 1. The van der Waals surface area contributed by atoms with Gasteiger partial charge in [0.05, 0.1) is 6.04 Å². The highest BCUT2D eigenvalue weighted by Gasteiger charge is 2.20. The molecule has 2 aromatic rings. The number of fused-ring (bicyclic) bond motifs is 1. The first-order valence-corrected chi connectivity index (χ1v) is 7.17. The standard InChI is InChI=1S/C16H20FNO/c17-13-6-7-15-12(9-13)10-16(19-15)14(18)8-11-4-2-1-3-5-11/h6-7,9-11,14H,1-5,8,18H2. The third kappa shape index (κ3) is 2.81. The molecule has 0 amide bonds. The predicted octanol–water partition coefficient (Wildman–Crippen LogP) is 4.54. The summed E-state index contributed by atoms with van der Waals surface area (Å²) in [5.41, 5.74) is 6.96. The summed E-state index contributed by atoms with van der Waals surface area (Å²) < 4.78 is 18.9. The number of nitrogens with two attached hydrogens (primary N) is 1. The molecular formula is C16H20FNO. The monoisotopic (exact) mass is 261 g/mol. The van der Waals surface area contributed by atoms with Gasteiger partial charge in [0, 0.05) is 5.39 Å². The highest BCUT2D eigenvalue weighted by atomic mass is 19.1. The van der Waals surface area contributed by atoms with Gasteiger partial charge >= 0.3 is 0 Å². The van der Waals surface area contributed by atoms with Crippen LogP contribution in [-0.2, 0) is 0 Å². The molecule has 3 rings (SSSR count). The summed E-state index contributed by atoms with van der Waals surface area (Å²) >= 11 is 0. The van der Waals surface area contributed by atoms with Gasteiger partial charge < -0.3 is 10.2 Å². The summed E-state index contributed by atoms with van der Waals surface area (Å²) in [7, 11) is 0. The maximum Gasteiger partial charge on any atom is 0.134 e. The van der Waals surface area contributed by atoms with Crippen LogP contribution in [0.4, 0.5) is 4.39 Å². The maximum absolute atomic E-state index is 13.1. The number of hydrogen-bond donors (Lipinski definition) is 1. The van der Waals surface area contributed by atoms with E-state index in [2.05, 4.69) is 0 Å². The van der Waals surface area contributed by atoms with E-state index in [4.69, 9.17) is 10.2 Å². The van der Waals surface area contributed by atoms with Crippen molar-refractivity contribution < 1.29 is 8.81 Å². The molecule has 1 atom stereocenters. The zero-order chi connectivity index (χ0) is 13.2. The summed E-state index contributed by atoms with van der Waals surface area (Å²) in [6.45, 7) is 0. The van der Waals surface area contributed by atoms with Crippen molar-refractivity contribution in [1.82, 2.24) is 0 Å². The third-order valence-electron chi connectivity index (χ3n) is 4.17. The van der Waals surface area contributed by atoms with E-state index in [9.17, 15) is 4.39 Å². The zero-order valence-corrected chi connectivity index (χ0v) is 11.1. The largest absolute Gasteiger partial charge is 0.459 e. The lowest BCUT2D eigenvalue weighted by Gasteiger charge is -2.23. The SMILES string of the molecule is NC(CC1CCCCC1)c1cc2cc(F)ccc2o1. The Morgan fingerprint density at radius 3 is 2.79 bits per heavy atom.